The lowest BCUT2D eigenvalue weighted by molar-refractivity contribution is 0.667. The van der Waals surface area contributed by atoms with E-state index in [1.807, 2.05) is 72.8 Å². The molecule has 27 rings (SSSR count). The van der Waals surface area contributed by atoms with Crippen molar-refractivity contribution in [2.75, 3.05) is 14.7 Å². The van der Waals surface area contributed by atoms with Crippen LogP contribution in [0.3, 0.4) is 0 Å². The molecule has 9 nitrogen and oxygen atoms in total. The molecule has 6 aromatic heterocycles. The highest BCUT2D eigenvalue weighted by Gasteiger charge is 2.26. The Balaban J connectivity index is 0.000000101. The molecule has 9 heteroatoms. The summed E-state index contributed by atoms with van der Waals surface area (Å²) in [7, 11) is 0. The first-order chi connectivity index (χ1) is 60.9. The molecule has 0 unspecified atom stereocenters. The number of anilines is 9. The minimum Gasteiger partial charge on any atom is -0.456 e. The van der Waals surface area contributed by atoms with E-state index in [1.54, 1.807) is 0 Å². The summed E-state index contributed by atoms with van der Waals surface area (Å²) in [6.45, 7) is 0. The van der Waals surface area contributed by atoms with E-state index in [9.17, 15) is 0 Å². The number of rotatable bonds is 9. The van der Waals surface area contributed by atoms with Crippen molar-refractivity contribution >= 4 is 247 Å². The fourth-order valence-electron chi connectivity index (χ4n) is 19.0. The summed E-state index contributed by atoms with van der Waals surface area (Å²) in [5.74, 6) is 0. The smallest absolute Gasteiger partial charge is 0.159 e. The van der Waals surface area contributed by atoms with Crippen LogP contribution in [0, 0.1) is 0 Å². The van der Waals surface area contributed by atoms with Crippen LogP contribution in [-0.4, -0.2) is 0 Å². The molecule has 0 bridgehead atoms. The van der Waals surface area contributed by atoms with Crippen LogP contribution in [0.5, 0.6) is 0 Å². The summed E-state index contributed by atoms with van der Waals surface area (Å²) in [4.78, 5) is 6.93. The quantitative estimate of drug-likeness (QED) is 0.131. The molecule has 0 saturated carbocycles. The van der Waals surface area contributed by atoms with Gasteiger partial charge < -0.3 is 41.2 Å². The highest BCUT2D eigenvalue weighted by Crippen LogP contribution is 2.50. The standard InChI is InChI=1S/3C38H23NO2/c1-2-9-27-24(8-1)16-19-29-28(27)12-7-13-34(29)39(25-17-20-32-30-10-3-5-14-35(30)40-37(32)22-25)26-18-21-33-31-11-4-6-15-36(31)41-38(33)23-26;1-2-8-29-24(7-1)13-14-25-21-26(15-18-30(25)29)39(27-16-19-33-31-9-3-5-11-35(31)40-37(33)22-27)28-17-20-34-32-10-4-6-12-36(32)41-38(34)23-28;1-2-11-26-24(10-1)22-34(28-13-4-3-12-27(26)28)39(25-20-21-31-29-14-5-7-18-35(29)40-37(31)23-25)33-17-9-16-32-30-15-6-8-19-36(30)41-38(32)33/h3*1-23H. The van der Waals surface area contributed by atoms with Gasteiger partial charge in [-0.3, -0.25) is 0 Å². The van der Waals surface area contributed by atoms with Gasteiger partial charge in [0.15, 0.2) is 5.58 Å². The predicted octanol–water partition coefficient (Wildman–Crippen LogP) is 33.8. The number of nitrogens with zero attached hydrogens (tertiary/aromatic N) is 3. The zero-order valence-electron chi connectivity index (χ0n) is 66.1. The van der Waals surface area contributed by atoms with Gasteiger partial charge in [-0.25, -0.2) is 0 Å². The minimum absolute atomic E-state index is 0.857. The number of fused-ring (bicyclic) bond motifs is 27. The van der Waals surface area contributed by atoms with E-state index >= 15 is 0 Å². The highest BCUT2D eigenvalue weighted by molar-refractivity contribution is 6.20. The van der Waals surface area contributed by atoms with Crippen molar-refractivity contribution in [1.82, 2.24) is 0 Å². The second-order valence-electron chi connectivity index (χ2n) is 31.7. The van der Waals surface area contributed by atoms with Gasteiger partial charge in [0.2, 0.25) is 0 Å². The van der Waals surface area contributed by atoms with Crippen molar-refractivity contribution in [3.8, 4) is 0 Å². The van der Waals surface area contributed by atoms with Gasteiger partial charge in [0.05, 0.1) is 22.7 Å². The molecule has 0 radical (unpaired) electrons. The van der Waals surface area contributed by atoms with Gasteiger partial charge in [-0.2, -0.15) is 0 Å². The molecule has 0 amide bonds. The van der Waals surface area contributed by atoms with E-state index in [1.165, 1.54) is 64.6 Å². The number of furan rings is 6. The van der Waals surface area contributed by atoms with E-state index in [4.69, 9.17) is 26.5 Å². The molecule has 0 N–H and O–H groups in total. The van der Waals surface area contributed by atoms with Crippen molar-refractivity contribution in [1.29, 1.82) is 0 Å². The third-order valence-corrected chi connectivity index (χ3v) is 24.7. The van der Waals surface area contributed by atoms with Crippen molar-refractivity contribution in [3.05, 3.63) is 419 Å². The normalized spacial score (nSPS) is 11.9. The Kier molecular flexibility index (Phi) is 15.8. The van der Waals surface area contributed by atoms with E-state index < -0.39 is 0 Å². The maximum Gasteiger partial charge on any atom is 0.159 e. The van der Waals surface area contributed by atoms with E-state index in [-0.39, 0.29) is 0 Å². The average molecular weight is 1580 g/mol. The Morgan fingerprint density at radius 2 is 0.374 bits per heavy atom. The summed E-state index contributed by atoms with van der Waals surface area (Å²) < 4.78 is 38.2. The number of hydrogen-bond acceptors (Lipinski definition) is 9. The predicted molar refractivity (Wildman–Crippen MR) is 512 cm³/mol. The Hall–Kier alpha value is -16.6. The van der Waals surface area contributed by atoms with Gasteiger partial charge in [0.1, 0.15) is 61.4 Å². The van der Waals surface area contributed by atoms with Crippen LogP contribution >= 0.6 is 0 Å². The molecule has 21 aromatic carbocycles. The summed E-state index contributed by atoms with van der Waals surface area (Å²) in [5, 5.41) is 28.0. The minimum atomic E-state index is 0.857. The third-order valence-electron chi connectivity index (χ3n) is 24.7. The first-order valence-electron chi connectivity index (χ1n) is 41.6. The average Bonchev–Trinajstić information content (AvgIpc) is 1.73. The van der Waals surface area contributed by atoms with Crippen molar-refractivity contribution in [2.24, 2.45) is 0 Å². The summed E-state index contributed by atoms with van der Waals surface area (Å²) in [6, 6.07) is 147. The zero-order chi connectivity index (χ0) is 80.7. The molecule has 0 aliphatic carbocycles. The lowest BCUT2D eigenvalue weighted by atomic mass is 9.98. The Labute approximate surface area is 702 Å². The molecule has 27 aromatic rings. The largest absolute Gasteiger partial charge is 0.456 e. The Morgan fingerprint density at radius 1 is 0.122 bits per heavy atom. The molecular weight excluding hydrogens is 1510 g/mol. The Bertz CT molecular complexity index is 8760. The van der Waals surface area contributed by atoms with Crippen LogP contribution < -0.4 is 14.7 Å². The van der Waals surface area contributed by atoms with Crippen LogP contribution in [0.1, 0.15) is 0 Å². The molecule has 576 valence electrons. The maximum absolute atomic E-state index is 6.58. The van der Waals surface area contributed by atoms with Crippen molar-refractivity contribution in [2.45, 2.75) is 0 Å². The van der Waals surface area contributed by atoms with Gasteiger partial charge in [0.25, 0.3) is 0 Å². The highest BCUT2D eigenvalue weighted by atomic mass is 16.3. The molecule has 0 atom stereocenters. The van der Waals surface area contributed by atoms with Crippen molar-refractivity contribution < 1.29 is 26.5 Å². The van der Waals surface area contributed by atoms with Crippen LogP contribution in [0.4, 0.5) is 51.2 Å². The SMILES string of the molecule is c1ccc2c(c1)cc(N(c1ccc3c(c1)oc1ccccc13)c1cccc3c1oc1ccccc13)c1ccccc12.c1ccc2c(c1)ccc1c(N(c3ccc4c(c3)oc3ccccc34)c3ccc4c(c3)oc3ccccc34)cccc12.c1ccc2c(c1)ccc1cc(N(c3ccc4c(c3)oc3ccccc34)c3ccc4c(c3)oc3ccccc34)ccc12. The van der Waals surface area contributed by atoms with Crippen LogP contribution in [0.15, 0.2) is 445 Å². The van der Waals surface area contributed by atoms with E-state index in [2.05, 4.69) is 360 Å². The van der Waals surface area contributed by atoms with E-state index in [0.717, 1.165) is 183 Å². The molecule has 0 saturated heterocycles. The van der Waals surface area contributed by atoms with Gasteiger partial charge in [-0.05, 0) is 181 Å². The number of benzene rings is 21. The molecule has 0 spiro atoms. The van der Waals surface area contributed by atoms with Gasteiger partial charge >= 0.3 is 0 Å². The van der Waals surface area contributed by atoms with Gasteiger partial charge in [-0.1, -0.05) is 261 Å². The van der Waals surface area contributed by atoms with Crippen LogP contribution in [0.25, 0.3) is 196 Å². The van der Waals surface area contributed by atoms with E-state index in [0.29, 0.717) is 0 Å². The topological polar surface area (TPSA) is 88.6 Å². The van der Waals surface area contributed by atoms with Crippen molar-refractivity contribution in [3.63, 3.8) is 0 Å². The first-order valence-corrected chi connectivity index (χ1v) is 41.6. The first kappa shape index (κ1) is 69.5. The van der Waals surface area contributed by atoms with Crippen LogP contribution in [0.2, 0.25) is 0 Å². The summed E-state index contributed by atoms with van der Waals surface area (Å²) in [6.07, 6.45) is 0. The monoisotopic (exact) mass is 1580 g/mol. The Morgan fingerprint density at radius 3 is 0.821 bits per heavy atom. The van der Waals surface area contributed by atoms with Gasteiger partial charge in [-0.15, -0.1) is 0 Å². The fourth-order valence-corrected chi connectivity index (χ4v) is 19.0. The number of hydrogen-bond donors (Lipinski definition) is 0. The summed E-state index contributed by atoms with van der Waals surface area (Å²) in [5.41, 5.74) is 19.8. The lowest BCUT2D eigenvalue weighted by Gasteiger charge is -2.27. The second-order valence-corrected chi connectivity index (χ2v) is 31.7. The molecule has 6 heterocycles. The fraction of sp³-hybridized carbons (Fsp3) is 0. The van der Waals surface area contributed by atoms with Crippen LogP contribution in [-0.2, 0) is 0 Å². The molecule has 0 fully saturated rings. The third kappa shape index (κ3) is 11.5. The maximum atomic E-state index is 6.58. The second kappa shape index (κ2) is 28.0. The molecule has 0 aliphatic heterocycles. The lowest BCUT2D eigenvalue weighted by Crippen LogP contribution is -2.11. The zero-order valence-corrected chi connectivity index (χ0v) is 66.1. The molecule has 0 aliphatic rings. The van der Waals surface area contributed by atoms with Gasteiger partial charge in [0, 0.05) is 134 Å². The summed E-state index contributed by atoms with van der Waals surface area (Å²) >= 11 is 0. The molecule has 123 heavy (non-hydrogen) atoms. The molecular formula is C114H69N3O6. The number of para-hydroxylation sites is 7.